The van der Waals surface area contributed by atoms with Crippen molar-refractivity contribution in [3.63, 3.8) is 0 Å². The molecule has 1 aromatic carbocycles. The summed E-state index contributed by atoms with van der Waals surface area (Å²) in [5.74, 6) is -0.968. The molecule has 1 N–H and O–H groups in total. The zero-order valence-corrected chi connectivity index (χ0v) is 12.8. The van der Waals surface area contributed by atoms with Crippen molar-refractivity contribution in [2.75, 3.05) is 14.2 Å². The molecule has 0 aromatic heterocycles. The van der Waals surface area contributed by atoms with E-state index in [2.05, 4.69) is 15.9 Å². The SMILES string of the molecule is COc1cc(Br)c(F)c(CC(C)(C)C(=O)O)c1OC. The summed E-state index contributed by atoms with van der Waals surface area (Å²) in [6, 6.07) is 1.45. The molecular formula is C13H16BrFO4. The zero-order valence-electron chi connectivity index (χ0n) is 11.2. The maximum absolute atomic E-state index is 14.2. The van der Waals surface area contributed by atoms with Gasteiger partial charge in [0.1, 0.15) is 5.82 Å². The molecule has 0 bridgehead atoms. The third-order valence-electron chi connectivity index (χ3n) is 2.85. The lowest BCUT2D eigenvalue weighted by atomic mass is 9.85. The van der Waals surface area contributed by atoms with Crippen LogP contribution < -0.4 is 9.47 Å². The Morgan fingerprint density at radius 3 is 2.42 bits per heavy atom. The number of carboxylic acids is 1. The quantitative estimate of drug-likeness (QED) is 0.897. The molecule has 19 heavy (non-hydrogen) atoms. The van der Waals surface area contributed by atoms with Gasteiger partial charge in [-0.1, -0.05) is 0 Å². The van der Waals surface area contributed by atoms with Crippen LogP contribution in [0, 0.1) is 11.2 Å². The molecule has 106 valence electrons. The minimum absolute atomic E-state index is 0.00681. The van der Waals surface area contributed by atoms with Gasteiger partial charge in [0.05, 0.1) is 24.1 Å². The van der Waals surface area contributed by atoms with E-state index in [1.165, 1.54) is 34.1 Å². The average molecular weight is 335 g/mol. The van der Waals surface area contributed by atoms with Crippen LogP contribution in [0.2, 0.25) is 0 Å². The minimum atomic E-state index is -1.11. The molecule has 0 radical (unpaired) electrons. The predicted octanol–water partition coefficient (Wildman–Crippen LogP) is 3.26. The number of carboxylic acid groups (broad SMARTS) is 1. The highest BCUT2D eigenvalue weighted by molar-refractivity contribution is 9.10. The molecule has 0 amide bonds. The molecule has 0 aliphatic heterocycles. The number of aliphatic carboxylic acids is 1. The summed E-state index contributed by atoms with van der Waals surface area (Å²) in [5.41, 5.74) is -0.930. The highest BCUT2D eigenvalue weighted by Crippen LogP contribution is 2.40. The maximum atomic E-state index is 14.2. The molecule has 4 nitrogen and oxygen atoms in total. The number of benzene rings is 1. The van der Waals surface area contributed by atoms with E-state index in [0.29, 0.717) is 5.75 Å². The van der Waals surface area contributed by atoms with Crippen molar-refractivity contribution in [2.24, 2.45) is 5.41 Å². The highest BCUT2D eigenvalue weighted by atomic mass is 79.9. The summed E-state index contributed by atoms with van der Waals surface area (Å²) >= 11 is 3.09. The fourth-order valence-electron chi connectivity index (χ4n) is 1.69. The molecule has 1 aromatic rings. The van der Waals surface area contributed by atoms with E-state index in [9.17, 15) is 9.18 Å². The molecule has 0 atom stereocenters. The van der Waals surface area contributed by atoms with Crippen molar-refractivity contribution in [1.82, 2.24) is 0 Å². The zero-order chi connectivity index (χ0) is 14.8. The highest BCUT2D eigenvalue weighted by Gasteiger charge is 2.32. The molecule has 0 spiro atoms. The van der Waals surface area contributed by atoms with Gasteiger partial charge in [-0.15, -0.1) is 0 Å². The Hall–Kier alpha value is -1.30. The molecule has 0 saturated carbocycles. The van der Waals surface area contributed by atoms with Crippen molar-refractivity contribution in [1.29, 1.82) is 0 Å². The first-order valence-corrected chi connectivity index (χ1v) is 6.36. The number of methoxy groups -OCH3 is 2. The van der Waals surface area contributed by atoms with E-state index < -0.39 is 17.2 Å². The first-order valence-electron chi connectivity index (χ1n) is 5.56. The molecule has 0 fully saturated rings. The molecule has 6 heteroatoms. The van der Waals surface area contributed by atoms with Crippen molar-refractivity contribution >= 4 is 21.9 Å². The fraction of sp³-hybridized carbons (Fsp3) is 0.462. The lowest BCUT2D eigenvalue weighted by Crippen LogP contribution is -2.27. The standard InChI is InChI=1S/C13H16BrFO4/c1-13(2,12(16)17)6-7-10(15)8(14)5-9(18-3)11(7)19-4/h5H,6H2,1-4H3,(H,16,17). The fourth-order valence-corrected chi connectivity index (χ4v) is 2.13. The monoisotopic (exact) mass is 334 g/mol. The van der Waals surface area contributed by atoms with Crippen LogP contribution in [0.3, 0.4) is 0 Å². The predicted molar refractivity (Wildman–Crippen MR) is 72.3 cm³/mol. The van der Waals surface area contributed by atoms with Crippen LogP contribution in [0.25, 0.3) is 0 Å². The summed E-state index contributed by atoms with van der Waals surface area (Å²) in [6.07, 6.45) is -0.00681. The Morgan fingerprint density at radius 1 is 1.42 bits per heavy atom. The summed E-state index contributed by atoms with van der Waals surface area (Å²) in [5, 5.41) is 9.15. The summed E-state index contributed by atoms with van der Waals surface area (Å²) in [7, 11) is 2.83. The van der Waals surface area contributed by atoms with Crippen molar-refractivity contribution in [3.05, 3.63) is 21.9 Å². The Bertz CT molecular complexity index is 500. The van der Waals surface area contributed by atoms with Gasteiger partial charge in [0, 0.05) is 11.6 Å². The second-order valence-electron chi connectivity index (χ2n) is 4.75. The van der Waals surface area contributed by atoms with Crippen molar-refractivity contribution in [2.45, 2.75) is 20.3 Å². The molecular weight excluding hydrogens is 319 g/mol. The smallest absolute Gasteiger partial charge is 0.309 e. The first kappa shape index (κ1) is 15.8. The van der Waals surface area contributed by atoms with Gasteiger partial charge in [-0.2, -0.15) is 0 Å². The van der Waals surface area contributed by atoms with Gasteiger partial charge in [-0.3, -0.25) is 4.79 Å². The molecule has 0 aliphatic carbocycles. The van der Waals surface area contributed by atoms with E-state index in [1.54, 1.807) is 0 Å². The van der Waals surface area contributed by atoms with Crippen LogP contribution in [0.4, 0.5) is 4.39 Å². The largest absolute Gasteiger partial charge is 0.493 e. The van der Waals surface area contributed by atoms with E-state index in [-0.39, 0.29) is 22.2 Å². The van der Waals surface area contributed by atoms with Gasteiger partial charge < -0.3 is 14.6 Å². The number of hydrogen-bond acceptors (Lipinski definition) is 3. The van der Waals surface area contributed by atoms with E-state index >= 15 is 0 Å². The lowest BCUT2D eigenvalue weighted by molar-refractivity contribution is -0.146. The Morgan fingerprint density at radius 2 is 2.00 bits per heavy atom. The second-order valence-corrected chi connectivity index (χ2v) is 5.61. The van der Waals surface area contributed by atoms with Gasteiger partial charge >= 0.3 is 5.97 Å². The van der Waals surface area contributed by atoms with Crippen LogP contribution in [0.5, 0.6) is 11.5 Å². The number of rotatable bonds is 5. The van der Waals surface area contributed by atoms with Gasteiger partial charge in [0.2, 0.25) is 0 Å². The number of halogens is 2. The number of hydrogen-bond donors (Lipinski definition) is 1. The van der Waals surface area contributed by atoms with E-state index in [0.717, 1.165) is 0 Å². The number of carbonyl (C=O) groups is 1. The van der Waals surface area contributed by atoms with Gasteiger partial charge in [-0.05, 0) is 36.2 Å². The van der Waals surface area contributed by atoms with E-state index in [4.69, 9.17) is 14.6 Å². The maximum Gasteiger partial charge on any atom is 0.309 e. The first-order chi connectivity index (χ1) is 8.74. The Kier molecular flexibility index (Phi) is 4.79. The normalized spacial score (nSPS) is 11.3. The Labute approximate surface area is 119 Å². The van der Waals surface area contributed by atoms with Crippen LogP contribution in [-0.2, 0) is 11.2 Å². The van der Waals surface area contributed by atoms with Gasteiger partial charge in [0.15, 0.2) is 11.5 Å². The van der Waals surface area contributed by atoms with Crippen molar-refractivity contribution < 1.29 is 23.8 Å². The second kappa shape index (κ2) is 5.77. The van der Waals surface area contributed by atoms with Crippen LogP contribution in [-0.4, -0.2) is 25.3 Å². The van der Waals surface area contributed by atoms with Gasteiger partial charge in [0.25, 0.3) is 0 Å². The van der Waals surface area contributed by atoms with Crippen molar-refractivity contribution in [3.8, 4) is 11.5 Å². The molecule has 0 aliphatic rings. The molecule has 0 saturated heterocycles. The molecule has 0 heterocycles. The van der Waals surface area contributed by atoms with Crippen LogP contribution in [0.15, 0.2) is 10.5 Å². The summed E-state index contributed by atoms with van der Waals surface area (Å²) in [6.45, 7) is 3.06. The van der Waals surface area contributed by atoms with Crippen LogP contribution in [0.1, 0.15) is 19.4 Å². The minimum Gasteiger partial charge on any atom is -0.493 e. The van der Waals surface area contributed by atoms with Crippen LogP contribution >= 0.6 is 15.9 Å². The topological polar surface area (TPSA) is 55.8 Å². The lowest BCUT2D eigenvalue weighted by Gasteiger charge is -2.22. The average Bonchev–Trinajstić information content (AvgIpc) is 2.34. The number of ether oxygens (including phenoxy) is 2. The third-order valence-corrected chi connectivity index (χ3v) is 3.43. The third kappa shape index (κ3) is 3.18. The van der Waals surface area contributed by atoms with E-state index in [1.807, 2.05) is 0 Å². The summed E-state index contributed by atoms with van der Waals surface area (Å²) < 4.78 is 24.7. The van der Waals surface area contributed by atoms with Gasteiger partial charge in [-0.25, -0.2) is 4.39 Å². The Balaban J connectivity index is 3.40. The molecule has 0 unspecified atom stereocenters. The summed E-state index contributed by atoms with van der Waals surface area (Å²) in [4.78, 5) is 11.2. The molecule has 1 rings (SSSR count).